The van der Waals surface area contributed by atoms with E-state index >= 15 is 0 Å². The van der Waals surface area contributed by atoms with Gasteiger partial charge in [-0.3, -0.25) is 4.98 Å². The Morgan fingerprint density at radius 1 is 1.15 bits per heavy atom. The minimum Gasteiger partial charge on any atom is -0.408 e. The molecule has 0 fully saturated rings. The number of aromatic amines is 1. The average Bonchev–Trinajstić information content (AvgIpc) is 2.95. The first-order valence-electron chi connectivity index (χ1n) is 8.12. The van der Waals surface area contributed by atoms with E-state index in [1.165, 1.54) is 18.2 Å². The van der Waals surface area contributed by atoms with Crippen LogP contribution in [0.1, 0.15) is 17.2 Å². The first kappa shape index (κ1) is 18.4. The van der Waals surface area contributed by atoms with E-state index in [1.54, 1.807) is 0 Å². The third-order valence-corrected chi connectivity index (χ3v) is 5.68. The predicted octanol–water partition coefficient (Wildman–Crippen LogP) is 2.01. The number of rotatable bonds is 6. The van der Waals surface area contributed by atoms with Crippen molar-refractivity contribution in [2.75, 3.05) is 20.6 Å². The lowest BCUT2D eigenvalue weighted by Gasteiger charge is -2.25. The summed E-state index contributed by atoms with van der Waals surface area (Å²) >= 11 is 0. The molecular weight excluding hydrogens is 354 g/mol. The summed E-state index contributed by atoms with van der Waals surface area (Å²) in [6, 6.07) is 12.2. The molecule has 0 aliphatic heterocycles. The second kappa shape index (κ2) is 7.06. The quantitative estimate of drug-likeness (QED) is 0.687. The number of aromatic nitrogens is 1. The zero-order valence-corrected chi connectivity index (χ0v) is 15.6. The van der Waals surface area contributed by atoms with Gasteiger partial charge in [-0.15, -0.1) is 0 Å². The maximum Gasteiger partial charge on any atom is 0.417 e. The van der Waals surface area contributed by atoms with Crippen molar-refractivity contribution in [3.8, 4) is 0 Å². The molecule has 3 aromatic rings. The molecule has 1 unspecified atom stereocenters. The van der Waals surface area contributed by atoms with Crippen LogP contribution in [-0.2, 0) is 10.0 Å². The number of nitrogens with one attached hydrogen (secondary N) is 2. The molecule has 2 N–H and O–H groups in total. The third-order valence-electron chi connectivity index (χ3n) is 4.25. The first-order valence-corrected chi connectivity index (χ1v) is 9.60. The van der Waals surface area contributed by atoms with Gasteiger partial charge < -0.3 is 9.32 Å². The van der Waals surface area contributed by atoms with E-state index < -0.39 is 15.8 Å². The van der Waals surface area contributed by atoms with Crippen molar-refractivity contribution in [3.05, 3.63) is 64.1 Å². The molecule has 1 atom stereocenters. The Morgan fingerprint density at radius 3 is 2.50 bits per heavy atom. The Kier molecular flexibility index (Phi) is 4.99. The predicted molar refractivity (Wildman–Crippen MR) is 99.6 cm³/mol. The molecular formula is C18H21N3O4S. The molecule has 0 saturated heterocycles. The number of fused-ring (bicyclic) bond motifs is 1. The van der Waals surface area contributed by atoms with Crippen LogP contribution in [0.5, 0.6) is 0 Å². The number of H-pyrrole nitrogens is 1. The number of nitrogens with zero attached hydrogens (tertiary/aromatic N) is 1. The molecule has 26 heavy (non-hydrogen) atoms. The molecule has 1 heterocycles. The van der Waals surface area contributed by atoms with Gasteiger partial charge in [0, 0.05) is 18.7 Å². The van der Waals surface area contributed by atoms with E-state index in [2.05, 4.69) is 9.71 Å². The van der Waals surface area contributed by atoms with Crippen LogP contribution < -0.4 is 10.5 Å². The highest BCUT2D eigenvalue weighted by Gasteiger charge is 2.20. The monoisotopic (exact) mass is 375 g/mol. The normalized spacial score (nSPS) is 13.4. The highest BCUT2D eigenvalue weighted by atomic mass is 32.2. The van der Waals surface area contributed by atoms with Gasteiger partial charge in [-0.1, -0.05) is 29.8 Å². The second-order valence-electron chi connectivity index (χ2n) is 6.41. The van der Waals surface area contributed by atoms with E-state index in [0.29, 0.717) is 5.52 Å². The molecule has 0 aliphatic rings. The summed E-state index contributed by atoms with van der Waals surface area (Å²) < 4.78 is 32.8. The van der Waals surface area contributed by atoms with Crippen LogP contribution in [0.4, 0.5) is 0 Å². The molecule has 0 saturated carbocycles. The van der Waals surface area contributed by atoms with Gasteiger partial charge in [-0.25, -0.2) is 17.9 Å². The zero-order valence-electron chi connectivity index (χ0n) is 14.8. The molecule has 3 rings (SSSR count). The molecule has 0 bridgehead atoms. The van der Waals surface area contributed by atoms with E-state index in [4.69, 9.17) is 4.42 Å². The summed E-state index contributed by atoms with van der Waals surface area (Å²) in [6.07, 6.45) is 0. The summed E-state index contributed by atoms with van der Waals surface area (Å²) in [5.74, 6) is -0.616. The van der Waals surface area contributed by atoms with Crippen LogP contribution in [-0.4, -0.2) is 38.9 Å². The van der Waals surface area contributed by atoms with Crippen molar-refractivity contribution in [2.24, 2.45) is 0 Å². The molecule has 2 aromatic carbocycles. The van der Waals surface area contributed by atoms with Crippen LogP contribution in [0, 0.1) is 6.92 Å². The fourth-order valence-electron chi connectivity index (χ4n) is 2.75. The minimum atomic E-state index is -3.74. The molecule has 138 valence electrons. The Morgan fingerprint density at radius 2 is 1.85 bits per heavy atom. The number of hydrogen-bond donors (Lipinski definition) is 2. The van der Waals surface area contributed by atoms with Gasteiger partial charge >= 0.3 is 5.76 Å². The molecule has 0 aliphatic carbocycles. The van der Waals surface area contributed by atoms with E-state index in [1.807, 2.05) is 50.2 Å². The van der Waals surface area contributed by atoms with Gasteiger partial charge in [0.2, 0.25) is 10.0 Å². The average molecular weight is 375 g/mol. The minimum absolute atomic E-state index is 0.0502. The van der Waals surface area contributed by atoms with Crippen LogP contribution in [0.15, 0.2) is 56.6 Å². The fourth-order valence-corrected chi connectivity index (χ4v) is 3.81. The Bertz CT molecular complexity index is 1070. The van der Waals surface area contributed by atoms with Crippen molar-refractivity contribution in [3.63, 3.8) is 0 Å². The molecule has 0 radical (unpaired) electrons. The van der Waals surface area contributed by atoms with Gasteiger partial charge in [0.15, 0.2) is 5.58 Å². The zero-order chi connectivity index (χ0) is 18.9. The standard InChI is InChI=1S/C18H21N3O4S/c1-12-4-6-13(7-5-12)16(21(2)3)11-19-26(23,24)14-8-9-15-17(10-14)25-18(22)20-15/h4-10,16,19H,11H2,1-3H3,(H,20,22). The number of hydrogen-bond acceptors (Lipinski definition) is 5. The maximum absolute atomic E-state index is 12.6. The molecule has 8 heteroatoms. The van der Waals surface area contributed by atoms with Crippen molar-refractivity contribution < 1.29 is 12.8 Å². The number of sulfonamides is 1. The van der Waals surface area contributed by atoms with Crippen LogP contribution in [0.25, 0.3) is 11.1 Å². The number of oxazole rings is 1. The van der Waals surface area contributed by atoms with Gasteiger partial charge in [-0.2, -0.15) is 0 Å². The first-order chi connectivity index (χ1) is 12.3. The van der Waals surface area contributed by atoms with E-state index in [0.717, 1.165) is 11.1 Å². The Labute approximate surface area is 151 Å². The summed E-state index contributed by atoms with van der Waals surface area (Å²) in [6.45, 7) is 2.22. The molecule has 0 amide bonds. The topological polar surface area (TPSA) is 95.4 Å². The highest BCUT2D eigenvalue weighted by Crippen LogP contribution is 2.20. The van der Waals surface area contributed by atoms with Crippen LogP contribution in [0.3, 0.4) is 0 Å². The second-order valence-corrected chi connectivity index (χ2v) is 8.18. The number of likely N-dealkylation sites (N-methyl/N-ethyl adjacent to an activating group) is 1. The summed E-state index contributed by atoms with van der Waals surface area (Å²) in [4.78, 5) is 15.7. The Balaban J connectivity index is 1.82. The number of aryl methyl sites for hydroxylation is 1. The van der Waals surface area contributed by atoms with Gasteiger partial charge in [0.25, 0.3) is 0 Å². The van der Waals surface area contributed by atoms with Crippen molar-refractivity contribution in [1.82, 2.24) is 14.6 Å². The van der Waals surface area contributed by atoms with Crippen LogP contribution in [0.2, 0.25) is 0 Å². The third kappa shape index (κ3) is 3.87. The van der Waals surface area contributed by atoms with Gasteiger partial charge in [0.1, 0.15) is 0 Å². The maximum atomic E-state index is 12.6. The van der Waals surface area contributed by atoms with Crippen molar-refractivity contribution in [2.45, 2.75) is 17.9 Å². The summed E-state index contributed by atoms with van der Waals surface area (Å²) in [5.41, 5.74) is 2.84. The molecule has 7 nitrogen and oxygen atoms in total. The van der Waals surface area contributed by atoms with E-state index in [9.17, 15) is 13.2 Å². The van der Waals surface area contributed by atoms with Crippen molar-refractivity contribution in [1.29, 1.82) is 0 Å². The lowest BCUT2D eigenvalue weighted by Crippen LogP contribution is -2.34. The fraction of sp³-hybridized carbons (Fsp3) is 0.278. The largest absolute Gasteiger partial charge is 0.417 e. The SMILES string of the molecule is Cc1ccc(C(CNS(=O)(=O)c2ccc3[nH]c(=O)oc3c2)N(C)C)cc1. The van der Waals surface area contributed by atoms with Crippen LogP contribution >= 0.6 is 0 Å². The highest BCUT2D eigenvalue weighted by molar-refractivity contribution is 7.89. The number of benzene rings is 2. The lowest BCUT2D eigenvalue weighted by atomic mass is 10.0. The summed E-state index contributed by atoms with van der Waals surface area (Å²) in [5, 5.41) is 0. The van der Waals surface area contributed by atoms with Gasteiger partial charge in [0.05, 0.1) is 10.4 Å². The molecule has 0 spiro atoms. The van der Waals surface area contributed by atoms with Gasteiger partial charge in [-0.05, 0) is 38.7 Å². The molecule has 1 aromatic heterocycles. The lowest BCUT2D eigenvalue weighted by molar-refractivity contribution is 0.299. The smallest absolute Gasteiger partial charge is 0.408 e. The van der Waals surface area contributed by atoms with Crippen molar-refractivity contribution >= 4 is 21.1 Å². The van der Waals surface area contributed by atoms with E-state index in [-0.39, 0.29) is 23.1 Å². The summed E-state index contributed by atoms with van der Waals surface area (Å²) in [7, 11) is 0.0644. The Hall–Kier alpha value is -2.42.